The van der Waals surface area contributed by atoms with Crippen molar-refractivity contribution in [3.8, 4) is 5.69 Å². The highest BCUT2D eigenvalue weighted by Crippen LogP contribution is 2.43. The normalized spacial score (nSPS) is 13.9. The number of aromatic nitrogens is 1. The molecule has 2 heterocycles. The van der Waals surface area contributed by atoms with Gasteiger partial charge < -0.3 is 15.6 Å². The van der Waals surface area contributed by atoms with E-state index in [0.717, 1.165) is 41.1 Å². The molecule has 1 unspecified atom stereocenters. The van der Waals surface area contributed by atoms with Crippen LogP contribution in [-0.2, 0) is 13.0 Å². The quantitative estimate of drug-likeness (QED) is 0.116. The minimum atomic E-state index is -0.358. The van der Waals surface area contributed by atoms with Crippen molar-refractivity contribution in [3.05, 3.63) is 155 Å². The highest BCUT2D eigenvalue weighted by atomic mass is 32.1. The molecule has 0 bridgehead atoms. The van der Waals surface area contributed by atoms with Crippen molar-refractivity contribution in [2.45, 2.75) is 25.6 Å². The third-order valence-corrected chi connectivity index (χ3v) is 9.79. The molecule has 3 N–H and O–H groups in total. The Morgan fingerprint density at radius 2 is 1.52 bits per heavy atom. The number of benzene rings is 5. The average Bonchev–Trinajstić information content (AvgIpc) is 3.64. The Kier molecular flexibility index (Phi) is 6.82. The van der Waals surface area contributed by atoms with Crippen LogP contribution < -0.4 is 11.1 Å². The van der Waals surface area contributed by atoms with E-state index in [1.54, 1.807) is 0 Å². The van der Waals surface area contributed by atoms with E-state index in [4.69, 9.17) is 10.7 Å². The first-order chi connectivity index (χ1) is 21.7. The summed E-state index contributed by atoms with van der Waals surface area (Å²) in [5, 5.41) is 7.44. The Labute approximate surface area is 260 Å². The molecule has 7 aromatic rings. The number of aliphatic imine (C=N–C) groups is 1. The Morgan fingerprint density at radius 3 is 2.34 bits per heavy atom. The fourth-order valence-corrected chi connectivity index (χ4v) is 7.70. The SMILES string of the molecule is NC(NC(=NCc1ccc(-n2c3ccccc3c3ccc4c5c(sc4c32)C=CCC5)cc1)c1ccccc1)c1ccccc1. The number of hydrogen-bond acceptors (Lipinski definition) is 3. The first kappa shape index (κ1) is 26.6. The van der Waals surface area contributed by atoms with Gasteiger partial charge in [-0.2, -0.15) is 0 Å². The van der Waals surface area contributed by atoms with Gasteiger partial charge in [0.1, 0.15) is 12.0 Å². The van der Waals surface area contributed by atoms with E-state index in [-0.39, 0.29) is 6.17 Å². The predicted molar refractivity (Wildman–Crippen MR) is 187 cm³/mol. The van der Waals surface area contributed by atoms with E-state index in [2.05, 4.69) is 94.8 Å². The second kappa shape index (κ2) is 11.3. The number of nitrogens with one attached hydrogen (secondary N) is 1. The molecular formula is C39H32N4S. The van der Waals surface area contributed by atoms with Crippen molar-refractivity contribution in [2.75, 3.05) is 0 Å². The third kappa shape index (κ3) is 4.71. The highest BCUT2D eigenvalue weighted by Gasteiger charge is 2.20. The molecule has 1 aliphatic rings. The molecule has 8 rings (SSSR count). The van der Waals surface area contributed by atoms with Gasteiger partial charge in [0, 0.05) is 26.9 Å². The standard InChI is InChI=1S/C39H32N4S/c40-38(27-11-3-1-4-12-27)42-39(28-13-5-2-6-14-28)41-25-26-19-21-29(22-20-26)43-34-17-9-7-15-30(34)32-23-24-33-31-16-8-10-18-35(31)44-37(33)36(32)43/h1-7,9-15,17-24,38H,8,16,25,40H2,(H,41,42). The number of thiophene rings is 1. The molecule has 4 nitrogen and oxygen atoms in total. The average molecular weight is 589 g/mol. The van der Waals surface area contributed by atoms with Crippen LogP contribution in [0, 0.1) is 0 Å². The largest absolute Gasteiger partial charge is 0.351 e. The van der Waals surface area contributed by atoms with E-state index in [9.17, 15) is 0 Å². The summed E-state index contributed by atoms with van der Waals surface area (Å²) in [7, 11) is 0. The van der Waals surface area contributed by atoms with Gasteiger partial charge in [0.05, 0.1) is 22.3 Å². The Bertz CT molecular complexity index is 2170. The first-order valence-corrected chi connectivity index (χ1v) is 16.0. The number of nitrogens with two attached hydrogens (primary N) is 1. The van der Waals surface area contributed by atoms with Gasteiger partial charge in [-0.25, -0.2) is 0 Å². The molecule has 0 spiro atoms. The number of rotatable bonds is 6. The van der Waals surface area contributed by atoms with Gasteiger partial charge in [0.2, 0.25) is 0 Å². The summed E-state index contributed by atoms with van der Waals surface area (Å²) in [4.78, 5) is 6.42. The second-order valence-electron chi connectivity index (χ2n) is 11.3. The molecule has 0 amide bonds. The molecule has 0 fully saturated rings. The van der Waals surface area contributed by atoms with Crippen molar-refractivity contribution in [3.63, 3.8) is 0 Å². The monoisotopic (exact) mass is 588 g/mol. The maximum absolute atomic E-state index is 6.54. The van der Waals surface area contributed by atoms with Gasteiger partial charge in [0.25, 0.3) is 0 Å². The molecule has 1 atom stereocenters. The predicted octanol–water partition coefficient (Wildman–Crippen LogP) is 9.15. The number of aryl methyl sites for hydroxylation is 1. The van der Waals surface area contributed by atoms with E-state index in [1.807, 2.05) is 59.9 Å². The molecule has 1 aliphatic carbocycles. The van der Waals surface area contributed by atoms with Gasteiger partial charge in [-0.05, 0) is 59.2 Å². The first-order valence-electron chi connectivity index (χ1n) is 15.1. The van der Waals surface area contributed by atoms with E-state index in [1.165, 1.54) is 42.3 Å². The number of nitrogens with zero attached hydrogens (tertiary/aromatic N) is 2. The third-order valence-electron chi connectivity index (χ3n) is 8.57. The lowest BCUT2D eigenvalue weighted by molar-refractivity contribution is 0.679. The van der Waals surface area contributed by atoms with Crippen LogP contribution in [0.1, 0.15) is 39.7 Å². The molecule has 5 heteroatoms. The van der Waals surface area contributed by atoms with Crippen LogP contribution in [0.4, 0.5) is 0 Å². The zero-order valence-electron chi connectivity index (χ0n) is 24.3. The van der Waals surface area contributed by atoms with E-state index >= 15 is 0 Å². The lowest BCUT2D eigenvalue weighted by Gasteiger charge is -2.18. The minimum Gasteiger partial charge on any atom is -0.351 e. The number of hydrogen-bond donors (Lipinski definition) is 2. The molecule has 0 radical (unpaired) electrons. The van der Waals surface area contributed by atoms with Crippen LogP contribution in [0.25, 0.3) is 43.7 Å². The Hall–Kier alpha value is -4.97. The van der Waals surface area contributed by atoms with Gasteiger partial charge >= 0.3 is 0 Å². The van der Waals surface area contributed by atoms with Gasteiger partial charge in [-0.15, -0.1) is 11.3 Å². The molecule has 0 saturated carbocycles. The second-order valence-corrected chi connectivity index (χ2v) is 12.4. The Morgan fingerprint density at radius 1 is 0.795 bits per heavy atom. The van der Waals surface area contributed by atoms with Crippen LogP contribution in [-0.4, -0.2) is 10.4 Å². The summed E-state index contributed by atoms with van der Waals surface area (Å²) in [5.41, 5.74) is 14.9. The van der Waals surface area contributed by atoms with Crippen molar-refractivity contribution < 1.29 is 0 Å². The minimum absolute atomic E-state index is 0.358. The van der Waals surface area contributed by atoms with Gasteiger partial charge in [-0.3, -0.25) is 4.99 Å². The molecule has 2 aromatic heterocycles. The smallest absolute Gasteiger partial charge is 0.130 e. The zero-order chi connectivity index (χ0) is 29.5. The zero-order valence-corrected chi connectivity index (χ0v) is 25.1. The van der Waals surface area contributed by atoms with Crippen molar-refractivity contribution in [2.24, 2.45) is 10.7 Å². The molecule has 0 aliphatic heterocycles. The molecule has 44 heavy (non-hydrogen) atoms. The molecule has 5 aromatic carbocycles. The topological polar surface area (TPSA) is 55.3 Å². The summed E-state index contributed by atoms with van der Waals surface area (Å²) >= 11 is 1.93. The molecule has 214 valence electrons. The van der Waals surface area contributed by atoms with Gasteiger partial charge in [-0.1, -0.05) is 109 Å². The number of allylic oxidation sites excluding steroid dienone is 1. The fourth-order valence-electron chi connectivity index (χ4n) is 6.38. The van der Waals surface area contributed by atoms with E-state index in [0.29, 0.717) is 6.54 Å². The summed E-state index contributed by atoms with van der Waals surface area (Å²) in [6, 6.07) is 42.5. The van der Waals surface area contributed by atoms with E-state index < -0.39 is 0 Å². The maximum atomic E-state index is 6.54. The fraction of sp³-hybridized carbons (Fsp3) is 0.103. The van der Waals surface area contributed by atoms with Crippen molar-refractivity contribution in [1.29, 1.82) is 0 Å². The van der Waals surface area contributed by atoms with Crippen LogP contribution in [0.2, 0.25) is 0 Å². The summed E-state index contributed by atoms with van der Waals surface area (Å²) in [5.74, 6) is 0.784. The Balaban J connectivity index is 1.17. The van der Waals surface area contributed by atoms with Crippen LogP contribution in [0.5, 0.6) is 0 Å². The van der Waals surface area contributed by atoms with Crippen LogP contribution in [0.15, 0.2) is 132 Å². The van der Waals surface area contributed by atoms with Crippen molar-refractivity contribution >= 4 is 55.1 Å². The maximum Gasteiger partial charge on any atom is 0.130 e. The van der Waals surface area contributed by atoms with Crippen molar-refractivity contribution in [1.82, 2.24) is 9.88 Å². The number of amidine groups is 1. The van der Waals surface area contributed by atoms with Crippen LogP contribution >= 0.6 is 11.3 Å². The highest BCUT2D eigenvalue weighted by molar-refractivity contribution is 7.21. The number of para-hydroxylation sites is 1. The molecule has 0 saturated heterocycles. The van der Waals surface area contributed by atoms with Crippen LogP contribution in [0.3, 0.4) is 0 Å². The lowest BCUT2D eigenvalue weighted by Crippen LogP contribution is -2.34. The molecular weight excluding hydrogens is 557 g/mol. The van der Waals surface area contributed by atoms with Gasteiger partial charge in [0.15, 0.2) is 0 Å². The lowest BCUT2D eigenvalue weighted by atomic mass is 10.0. The summed E-state index contributed by atoms with van der Waals surface area (Å²) in [6.45, 7) is 0.542. The number of fused-ring (bicyclic) bond motifs is 7. The summed E-state index contributed by atoms with van der Waals surface area (Å²) in [6.07, 6.45) is 6.48. The summed E-state index contributed by atoms with van der Waals surface area (Å²) < 4.78 is 3.82.